The van der Waals surface area contributed by atoms with E-state index in [1.807, 2.05) is 0 Å². The van der Waals surface area contributed by atoms with Crippen LogP contribution in [0.3, 0.4) is 0 Å². The van der Waals surface area contributed by atoms with Gasteiger partial charge in [0.05, 0.1) is 22.6 Å². The number of methoxy groups -OCH3 is 1. The number of halogens is 1. The molecule has 1 amide bonds. The zero-order valence-electron chi connectivity index (χ0n) is 15.3. The lowest BCUT2D eigenvalue weighted by Gasteiger charge is -2.12. The van der Waals surface area contributed by atoms with Gasteiger partial charge in [0.2, 0.25) is 0 Å². The van der Waals surface area contributed by atoms with Crippen molar-refractivity contribution in [2.24, 2.45) is 0 Å². The molecule has 1 heterocycles. The molecule has 0 spiro atoms. The van der Waals surface area contributed by atoms with Gasteiger partial charge in [-0.15, -0.1) is 0 Å². The lowest BCUT2D eigenvalue weighted by molar-refractivity contribution is 0.102. The van der Waals surface area contributed by atoms with Gasteiger partial charge < -0.3 is 14.5 Å². The van der Waals surface area contributed by atoms with E-state index in [0.29, 0.717) is 27.9 Å². The summed E-state index contributed by atoms with van der Waals surface area (Å²) in [6.45, 7) is 1.72. The molecule has 0 saturated heterocycles. The van der Waals surface area contributed by atoms with E-state index in [2.05, 4.69) is 10.3 Å². The number of rotatable bonds is 5. The molecule has 9 heteroatoms. The Kier molecular flexibility index (Phi) is 5.44. The van der Waals surface area contributed by atoms with E-state index in [4.69, 9.17) is 20.8 Å². The first kappa shape index (κ1) is 19.9. The number of nitrogens with zero attached hydrogens (tertiary/aromatic N) is 1. The number of aryl methyl sites for hydroxylation is 1. The van der Waals surface area contributed by atoms with Crippen molar-refractivity contribution in [1.29, 1.82) is 0 Å². The Bertz CT molecular complexity index is 1150. The molecular formula is C19H17ClN2O5S. The van der Waals surface area contributed by atoms with Crippen molar-refractivity contribution in [3.63, 3.8) is 0 Å². The van der Waals surface area contributed by atoms with E-state index >= 15 is 0 Å². The third-order valence-corrected chi connectivity index (χ3v) is 5.40. The summed E-state index contributed by atoms with van der Waals surface area (Å²) >= 11 is 6.23. The molecule has 0 fully saturated rings. The second-order valence-electron chi connectivity index (χ2n) is 6.03. The second-order valence-corrected chi connectivity index (χ2v) is 8.46. The van der Waals surface area contributed by atoms with Gasteiger partial charge in [0.25, 0.3) is 5.91 Å². The third kappa shape index (κ3) is 4.18. The van der Waals surface area contributed by atoms with Crippen molar-refractivity contribution in [3.05, 3.63) is 59.1 Å². The summed E-state index contributed by atoms with van der Waals surface area (Å²) in [5.74, 6) is 0.194. The van der Waals surface area contributed by atoms with Gasteiger partial charge in [0.15, 0.2) is 15.7 Å². The zero-order chi connectivity index (χ0) is 20.5. The topological polar surface area (TPSA) is 98.5 Å². The predicted octanol–water partition coefficient (Wildman–Crippen LogP) is 3.97. The van der Waals surface area contributed by atoms with Crippen LogP contribution in [-0.4, -0.2) is 32.7 Å². The first-order valence-electron chi connectivity index (χ1n) is 8.10. The van der Waals surface area contributed by atoms with Gasteiger partial charge in [-0.1, -0.05) is 11.6 Å². The van der Waals surface area contributed by atoms with E-state index in [0.717, 1.165) is 6.26 Å². The van der Waals surface area contributed by atoms with Crippen LogP contribution in [0.15, 0.2) is 52.0 Å². The number of benzene rings is 2. The summed E-state index contributed by atoms with van der Waals surface area (Å²) in [5.41, 5.74) is 1.84. The number of ether oxygens (including phenoxy) is 1. The number of aromatic nitrogens is 1. The SMILES string of the molecule is COc1cc(S(C)(=O)=O)ccc1C(=O)Nc1ccc(Cl)c(-c2coc(C)n2)c1. The zero-order valence-corrected chi connectivity index (χ0v) is 16.9. The van der Waals surface area contributed by atoms with Crippen molar-refractivity contribution in [2.45, 2.75) is 11.8 Å². The van der Waals surface area contributed by atoms with Gasteiger partial charge in [0.1, 0.15) is 17.7 Å². The average Bonchev–Trinajstić information content (AvgIpc) is 3.08. The van der Waals surface area contributed by atoms with E-state index in [9.17, 15) is 13.2 Å². The lowest BCUT2D eigenvalue weighted by Crippen LogP contribution is -2.14. The highest BCUT2D eigenvalue weighted by atomic mass is 35.5. The standard InChI is InChI=1S/C19H17ClN2O5S/c1-11-21-17(10-27-11)15-8-12(4-7-16(15)20)22-19(23)14-6-5-13(28(3,24)25)9-18(14)26-2/h4-10H,1-3H3,(H,22,23). The molecule has 0 aliphatic heterocycles. The number of hydrogen-bond acceptors (Lipinski definition) is 6. The molecule has 1 aromatic heterocycles. The molecule has 7 nitrogen and oxygen atoms in total. The lowest BCUT2D eigenvalue weighted by atomic mass is 10.1. The summed E-state index contributed by atoms with van der Waals surface area (Å²) in [4.78, 5) is 17.0. The van der Waals surface area contributed by atoms with Gasteiger partial charge in [-0.05, 0) is 36.4 Å². The predicted molar refractivity (Wildman–Crippen MR) is 106 cm³/mol. The molecule has 1 N–H and O–H groups in total. The fourth-order valence-electron chi connectivity index (χ4n) is 2.57. The van der Waals surface area contributed by atoms with Gasteiger partial charge in [-0.3, -0.25) is 4.79 Å². The van der Waals surface area contributed by atoms with Crippen molar-refractivity contribution in [2.75, 3.05) is 18.7 Å². The van der Waals surface area contributed by atoms with Crippen LogP contribution in [0.4, 0.5) is 5.69 Å². The highest BCUT2D eigenvalue weighted by Gasteiger charge is 2.17. The monoisotopic (exact) mass is 420 g/mol. The van der Waals surface area contributed by atoms with E-state index in [-0.39, 0.29) is 16.2 Å². The maximum Gasteiger partial charge on any atom is 0.259 e. The Morgan fingerprint density at radius 1 is 1.21 bits per heavy atom. The molecule has 0 saturated carbocycles. The number of anilines is 1. The Morgan fingerprint density at radius 2 is 1.96 bits per heavy atom. The van der Waals surface area contributed by atoms with Gasteiger partial charge in [-0.25, -0.2) is 13.4 Å². The van der Waals surface area contributed by atoms with E-state index in [1.54, 1.807) is 25.1 Å². The fourth-order valence-corrected chi connectivity index (χ4v) is 3.43. The van der Waals surface area contributed by atoms with E-state index < -0.39 is 15.7 Å². The summed E-state index contributed by atoms with van der Waals surface area (Å²) in [6, 6.07) is 9.04. The number of oxazole rings is 1. The molecular weight excluding hydrogens is 404 g/mol. The Balaban J connectivity index is 1.91. The maximum atomic E-state index is 12.7. The van der Waals surface area contributed by atoms with Gasteiger partial charge in [0, 0.05) is 24.4 Å². The van der Waals surface area contributed by atoms with Crippen LogP contribution in [-0.2, 0) is 9.84 Å². The van der Waals surface area contributed by atoms with Gasteiger partial charge >= 0.3 is 0 Å². The number of carbonyl (C=O) groups excluding carboxylic acids is 1. The molecule has 0 bridgehead atoms. The number of hydrogen-bond donors (Lipinski definition) is 1. The third-order valence-electron chi connectivity index (χ3n) is 3.96. The van der Waals surface area contributed by atoms with Crippen LogP contribution in [0, 0.1) is 6.92 Å². The van der Waals surface area contributed by atoms with E-state index in [1.165, 1.54) is 31.6 Å². The summed E-state index contributed by atoms with van der Waals surface area (Å²) in [6.07, 6.45) is 2.57. The summed E-state index contributed by atoms with van der Waals surface area (Å²) < 4.78 is 33.8. The molecule has 0 radical (unpaired) electrons. The van der Waals surface area contributed by atoms with Crippen LogP contribution in [0.25, 0.3) is 11.3 Å². The second kappa shape index (κ2) is 7.65. The Hall–Kier alpha value is -2.84. The molecule has 146 valence electrons. The minimum atomic E-state index is -3.42. The average molecular weight is 421 g/mol. The molecule has 28 heavy (non-hydrogen) atoms. The van der Waals surface area contributed by atoms with Crippen molar-refractivity contribution in [3.8, 4) is 17.0 Å². The van der Waals surface area contributed by atoms with Crippen LogP contribution in [0.2, 0.25) is 5.02 Å². The molecule has 0 atom stereocenters. The van der Waals surface area contributed by atoms with Crippen LogP contribution >= 0.6 is 11.6 Å². The minimum Gasteiger partial charge on any atom is -0.496 e. The maximum absolute atomic E-state index is 12.7. The van der Waals surface area contributed by atoms with Crippen LogP contribution < -0.4 is 10.1 Å². The first-order valence-corrected chi connectivity index (χ1v) is 10.4. The highest BCUT2D eigenvalue weighted by molar-refractivity contribution is 7.90. The number of sulfone groups is 1. The molecule has 0 aliphatic rings. The van der Waals surface area contributed by atoms with Crippen molar-refractivity contribution < 1.29 is 22.4 Å². The van der Waals surface area contributed by atoms with Crippen molar-refractivity contribution in [1.82, 2.24) is 4.98 Å². The van der Waals surface area contributed by atoms with Crippen molar-refractivity contribution >= 4 is 33.0 Å². The summed E-state index contributed by atoms with van der Waals surface area (Å²) in [7, 11) is -2.05. The molecule has 2 aromatic carbocycles. The first-order chi connectivity index (χ1) is 13.2. The largest absolute Gasteiger partial charge is 0.496 e. The molecule has 0 unspecified atom stereocenters. The molecule has 0 aliphatic carbocycles. The quantitative estimate of drug-likeness (QED) is 0.670. The number of amides is 1. The number of nitrogens with one attached hydrogen (secondary N) is 1. The minimum absolute atomic E-state index is 0.0658. The Morgan fingerprint density at radius 3 is 2.57 bits per heavy atom. The normalized spacial score (nSPS) is 11.3. The number of carbonyl (C=O) groups is 1. The Labute approximate surface area is 167 Å². The highest BCUT2D eigenvalue weighted by Crippen LogP contribution is 2.31. The van der Waals surface area contributed by atoms with Crippen LogP contribution in [0.5, 0.6) is 5.75 Å². The summed E-state index contributed by atoms with van der Waals surface area (Å²) in [5, 5.41) is 3.21. The fraction of sp³-hybridized carbons (Fsp3) is 0.158. The molecule has 3 rings (SSSR count). The smallest absolute Gasteiger partial charge is 0.259 e. The molecule has 3 aromatic rings. The van der Waals surface area contributed by atoms with Crippen LogP contribution in [0.1, 0.15) is 16.2 Å². The van der Waals surface area contributed by atoms with Gasteiger partial charge in [-0.2, -0.15) is 0 Å².